The molecule has 0 fully saturated rings. The highest BCUT2D eigenvalue weighted by molar-refractivity contribution is 9.10. The number of esters is 1. The molecule has 0 rings (SSSR count). The van der Waals surface area contributed by atoms with Gasteiger partial charge in [0.1, 0.15) is 10.9 Å². The lowest BCUT2D eigenvalue weighted by Crippen LogP contribution is -2.27. The van der Waals surface area contributed by atoms with E-state index in [1.54, 1.807) is 13.8 Å². The van der Waals surface area contributed by atoms with Crippen molar-refractivity contribution in [3.8, 4) is 0 Å². The number of hydrogen-bond donors (Lipinski definition) is 0. The third-order valence-electron chi connectivity index (χ3n) is 0.796. The molecule has 10 heavy (non-hydrogen) atoms. The van der Waals surface area contributed by atoms with E-state index >= 15 is 0 Å². The lowest BCUT2D eigenvalue weighted by atomic mass is 10.2. The summed E-state index contributed by atoms with van der Waals surface area (Å²) in [4.78, 5) is 10.9. The molecular formula is C6H10Br2O2. The predicted molar refractivity (Wildman–Crippen MR) is 47.8 cm³/mol. The first-order valence-corrected chi connectivity index (χ1v) is 4.82. The van der Waals surface area contributed by atoms with Gasteiger partial charge < -0.3 is 4.74 Å². The quantitative estimate of drug-likeness (QED) is 0.582. The summed E-state index contributed by atoms with van der Waals surface area (Å²) in [5.41, 5.74) is 0. The van der Waals surface area contributed by atoms with Crippen LogP contribution in [0.25, 0.3) is 0 Å². The van der Waals surface area contributed by atoms with E-state index in [2.05, 4.69) is 31.9 Å². The van der Waals surface area contributed by atoms with Gasteiger partial charge in [0.2, 0.25) is 0 Å². The summed E-state index contributed by atoms with van der Waals surface area (Å²) in [6.45, 7) is 3.93. The highest BCUT2D eigenvalue weighted by Crippen LogP contribution is 2.17. The first-order chi connectivity index (χ1) is 4.48. The molecule has 0 atom stereocenters. The van der Waals surface area contributed by atoms with Gasteiger partial charge in [-0.3, -0.25) is 4.79 Å². The maximum atomic E-state index is 10.9. The normalized spacial score (nSPS) is 11.2. The fourth-order valence-electron chi connectivity index (χ4n) is 0.303. The lowest BCUT2D eigenvalue weighted by Gasteiger charge is -2.13. The molecule has 0 aromatic rings. The van der Waals surface area contributed by atoms with Crippen LogP contribution in [0.1, 0.15) is 13.8 Å². The molecule has 0 bridgehead atoms. The van der Waals surface area contributed by atoms with E-state index in [0.717, 1.165) is 0 Å². The van der Waals surface area contributed by atoms with Gasteiger partial charge in [-0.15, -0.1) is 0 Å². The summed E-state index contributed by atoms with van der Waals surface area (Å²) in [6, 6.07) is 0. The molecule has 0 aliphatic rings. The lowest BCUT2D eigenvalue weighted by molar-refractivity contribution is -0.144. The van der Waals surface area contributed by atoms with E-state index < -0.39 is 4.32 Å². The Balaban J connectivity index is 3.64. The van der Waals surface area contributed by atoms with Crippen molar-refractivity contribution in [1.82, 2.24) is 0 Å². The van der Waals surface area contributed by atoms with Crippen molar-refractivity contribution < 1.29 is 9.53 Å². The molecule has 2 nitrogen and oxygen atoms in total. The maximum absolute atomic E-state index is 10.9. The van der Waals surface area contributed by atoms with Crippen molar-refractivity contribution in [2.45, 2.75) is 18.2 Å². The second kappa shape index (κ2) is 4.34. The van der Waals surface area contributed by atoms with Crippen LogP contribution in [-0.2, 0) is 9.53 Å². The summed E-state index contributed by atoms with van der Waals surface area (Å²) in [5.74, 6) is -0.230. The SMILES string of the molecule is CC(C)(Br)C(=O)OCCBr. The van der Waals surface area contributed by atoms with Crippen LogP contribution in [0.15, 0.2) is 0 Å². The molecule has 0 N–H and O–H groups in total. The van der Waals surface area contributed by atoms with Crippen LogP contribution >= 0.6 is 31.9 Å². The number of halogens is 2. The Bertz CT molecular complexity index is 117. The Kier molecular flexibility index (Phi) is 4.52. The van der Waals surface area contributed by atoms with Crippen LogP contribution in [0.5, 0.6) is 0 Å². The summed E-state index contributed by atoms with van der Waals surface area (Å²) < 4.78 is 4.26. The Labute approximate surface area is 77.6 Å². The minimum absolute atomic E-state index is 0.230. The number of ether oxygens (including phenoxy) is 1. The number of alkyl halides is 2. The number of carbonyl (C=O) groups excluding carboxylic acids is 1. The molecule has 0 spiro atoms. The van der Waals surface area contributed by atoms with Gasteiger partial charge in [-0.25, -0.2) is 0 Å². The highest BCUT2D eigenvalue weighted by Gasteiger charge is 2.24. The van der Waals surface area contributed by atoms with Crippen LogP contribution in [0.3, 0.4) is 0 Å². The van der Waals surface area contributed by atoms with E-state index in [4.69, 9.17) is 4.74 Å². The van der Waals surface area contributed by atoms with Gasteiger partial charge in [-0.2, -0.15) is 0 Å². The molecule has 0 unspecified atom stereocenters. The fourth-order valence-corrected chi connectivity index (χ4v) is 0.579. The van der Waals surface area contributed by atoms with Crippen LogP contribution in [0.2, 0.25) is 0 Å². The molecule has 0 saturated carbocycles. The molecule has 0 aliphatic carbocycles. The fraction of sp³-hybridized carbons (Fsp3) is 0.833. The average Bonchev–Trinajstić information content (AvgIpc) is 1.80. The summed E-state index contributed by atoms with van der Waals surface area (Å²) in [5, 5.41) is 0.682. The molecule has 0 heterocycles. The minimum atomic E-state index is -0.560. The zero-order chi connectivity index (χ0) is 8.20. The van der Waals surface area contributed by atoms with Gasteiger partial charge in [-0.1, -0.05) is 31.9 Å². The molecule has 0 aliphatic heterocycles. The number of carbonyl (C=O) groups is 1. The standard InChI is InChI=1S/C6H10Br2O2/c1-6(2,8)5(9)10-4-3-7/h3-4H2,1-2H3. The van der Waals surface area contributed by atoms with Gasteiger partial charge in [0.25, 0.3) is 0 Å². The monoisotopic (exact) mass is 272 g/mol. The average molecular weight is 274 g/mol. The Morgan fingerprint density at radius 1 is 1.60 bits per heavy atom. The van der Waals surface area contributed by atoms with Gasteiger partial charge in [-0.05, 0) is 13.8 Å². The largest absolute Gasteiger partial charge is 0.464 e. The maximum Gasteiger partial charge on any atom is 0.322 e. The first kappa shape index (κ1) is 10.4. The van der Waals surface area contributed by atoms with Crippen molar-refractivity contribution in [2.75, 3.05) is 11.9 Å². The van der Waals surface area contributed by atoms with E-state index in [-0.39, 0.29) is 5.97 Å². The third kappa shape index (κ3) is 4.28. The molecule has 0 aromatic heterocycles. The second-order valence-electron chi connectivity index (χ2n) is 2.30. The molecule has 60 valence electrons. The van der Waals surface area contributed by atoms with Crippen molar-refractivity contribution in [2.24, 2.45) is 0 Å². The van der Waals surface area contributed by atoms with Crippen molar-refractivity contribution in [3.05, 3.63) is 0 Å². The first-order valence-electron chi connectivity index (χ1n) is 2.90. The second-order valence-corrected chi connectivity index (χ2v) is 5.07. The minimum Gasteiger partial charge on any atom is -0.464 e. The summed E-state index contributed by atoms with van der Waals surface area (Å²) in [7, 11) is 0. The smallest absolute Gasteiger partial charge is 0.322 e. The third-order valence-corrected chi connectivity index (χ3v) is 1.44. The van der Waals surface area contributed by atoms with E-state index in [9.17, 15) is 4.79 Å². The Morgan fingerprint density at radius 3 is 2.40 bits per heavy atom. The highest BCUT2D eigenvalue weighted by atomic mass is 79.9. The molecule has 0 aromatic carbocycles. The van der Waals surface area contributed by atoms with Crippen LogP contribution < -0.4 is 0 Å². The van der Waals surface area contributed by atoms with E-state index in [0.29, 0.717) is 11.9 Å². The summed E-state index contributed by atoms with van der Waals surface area (Å²) >= 11 is 6.34. The zero-order valence-corrected chi connectivity index (χ0v) is 9.16. The van der Waals surface area contributed by atoms with Crippen molar-refractivity contribution >= 4 is 37.8 Å². The van der Waals surface area contributed by atoms with Gasteiger partial charge in [0.15, 0.2) is 0 Å². The number of rotatable bonds is 3. The van der Waals surface area contributed by atoms with E-state index in [1.165, 1.54) is 0 Å². The van der Waals surface area contributed by atoms with Crippen LogP contribution in [0.4, 0.5) is 0 Å². The van der Waals surface area contributed by atoms with Gasteiger partial charge in [0.05, 0.1) is 0 Å². The molecule has 4 heteroatoms. The molecular weight excluding hydrogens is 264 g/mol. The summed E-state index contributed by atoms with van der Waals surface area (Å²) in [6.07, 6.45) is 0. The van der Waals surface area contributed by atoms with Crippen molar-refractivity contribution in [1.29, 1.82) is 0 Å². The van der Waals surface area contributed by atoms with Gasteiger partial charge >= 0.3 is 5.97 Å². The van der Waals surface area contributed by atoms with Crippen LogP contribution in [-0.4, -0.2) is 22.2 Å². The van der Waals surface area contributed by atoms with E-state index in [1.807, 2.05) is 0 Å². The van der Waals surface area contributed by atoms with Crippen LogP contribution in [0, 0.1) is 0 Å². The molecule has 0 amide bonds. The number of hydrogen-bond acceptors (Lipinski definition) is 2. The predicted octanol–water partition coefficient (Wildman–Crippen LogP) is 2.10. The Hall–Kier alpha value is 0.430. The Morgan fingerprint density at radius 2 is 2.10 bits per heavy atom. The van der Waals surface area contributed by atoms with Crippen molar-refractivity contribution in [3.63, 3.8) is 0 Å². The molecule has 0 saturated heterocycles. The van der Waals surface area contributed by atoms with Gasteiger partial charge in [0, 0.05) is 5.33 Å². The topological polar surface area (TPSA) is 26.3 Å². The molecule has 0 radical (unpaired) electrons. The zero-order valence-electron chi connectivity index (χ0n) is 5.99.